The summed E-state index contributed by atoms with van der Waals surface area (Å²) in [5.74, 6) is 0.654. The average Bonchev–Trinajstić information content (AvgIpc) is 2.40. The van der Waals surface area contributed by atoms with Gasteiger partial charge >= 0.3 is 0 Å². The maximum atomic E-state index is 5.72. The van der Waals surface area contributed by atoms with E-state index in [1.165, 1.54) is 0 Å². The Balaban J connectivity index is 2.13. The van der Waals surface area contributed by atoms with Gasteiger partial charge in [-0.15, -0.1) is 0 Å². The van der Waals surface area contributed by atoms with Gasteiger partial charge in [0.2, 0.25) is 5.28 Å². The Morgan fingerprint density at radius 3 is 2.68 bits per heavy atom. The van der Waals surface area contributed by atoms with E-state index in [0.717, 1.165) is 16.8 Å². The van der Waals surface area contributed by atoms with E-state index < -0.39 is 0 Å². The third-order valence-corrected chi connectivity index (χ3v) is 2.62. The number of aliphatic imine (C=N–C) groups is 1. The molecule has 0 spiro atoms. The van der Waals surface area contributed by atoms with Crippen molar-refractivity contribution in [2.75, 3.05) is 12.4 Å². The van der Waals surface area contributed by atoms with E-state index in [1.807, 2.05) is 24.3 Å². The van der Waals surface area contributed by atoms with Crippen molar-refractivity contribution in [1.29, 1.82) is 0 Å². The van der Waals surface area contributed by atoms with Crippen LogP contribution < -0.4 is 5.32 Å². The maximum Gasteiger partial charge on any atom is 0.224 e. The highest BCUT2D eigenvalue weighted by Crippen LogP contribution is 2.18. The second-order valence-electron chi connectivity index (χ2n) is 3.83. The van der Waals surface area contributed by atoms with Crippen molar-refractivity contribution in [3.05, 3.63) is 54.0 Å². The van der Waals surface area contributed by atoms with Crippen molar-refractivity contribution < 1.29 is 0 Å². The van der Waals surface area contributed by atoms with Crippen molar-refractivity contribution >= 4 is 34.9 Å². The van der Waals surface area contributed by atoms with Crippen molar-refractivity contribution in [2.24, 2.45) is 4.99 Å². The Hall–Kier alpha value is -2.20. The summed E-state index contributed by atoms with van der Waals surface area (Å²) in [5, 5.41) is 3.36. The highest BCUT2D eigenvalue weighted by molar-refractivity contribution is 6.28. The first-order valence-corrected chi connectivity index (χ1v) is 6.04. The van der Waals surface area contributed by atoms with Crippen LogP contribution in [0.1, 0.15) is 5.56 Å². The topological polar surface area (TPSA) is 50.2 Å². The molecule has 0 radical (unpaired) electrons. The van der Waals surface area contributed by atoms with Gasteiger partial charge in [0.15, 0.2) is 0 Å². The summed E-state index contributed by atoms with van der Waals surface area (Å²) in [6, 6.07) is 9.58. The summed E-state index contributed by atoms with van der Waals surface area (Å²) in [4.78, 5) is 11.8. The number of anilines is 2. The molecule has 0 amide bonds. The number of nitrogens with one attached hydrogen (secondary N) is 1. The minimum atomic E-state index is 0.217. The molecule has 0 aliphatic heterocycles. The van der Waals surface area contributed by atoms with Crippen LogP contribution in [-0.4, -0.2) is 23.2 Å². The van der Waals surface area contributed by atoms with Gasteiger partial charge < -0.3 is 5.32 Å². The predicted octanol–water partition coefficient (Wildman–Crippen LogP) is 3.59. The molecule has 19 heavy (non-hydrogen) atoms. The molecule has 0 fully saturated rings. The first kappa shape index (κ1) is 13.2. The fourth-order valence-electron chi connectivity index (χ4n) is 1.55. The van der Waals surface area contributed by atoms with Gasteiger partial charge in [0.25, 0.3) is 0 Å². The average molecular weight is 273 g/mol. The first-order chi connectivity index (χ1) is 9.19. The third kappa shape index (κ3) is 3.63. The van der Waals surface area contributed by atoms with Crippen LogP contribution in [0.25, 0.3) is 5.57 Å². The van der Waals surface area contributed by atoms with E-state index in [1.54, 1.807) is 25.5 Å². The lowest BCUT2D eigenvalue weighted by Gasteiger charge is -2.06. The van der Waals surface area contributed by atoms with E-state index >= 15 is 0 Å². The molecule has 4 nitrogen and oxygen atoms in total. The molecule has 1 heterocycles. The standard InChI is InChI=1S/C14H13ClN4/c1-10(9-16-2)11-3-5-12(6-4-11)18-13-7-8-17-14(15)19-13/h3-9H,1H2,2H3,(H,17,18,19)/b16-9-. The normalized spacial score (nSPS) is 10.6. The van der Waals surface area contributed by atoms with Crippen molar-refractivity contribution in [3.8, 4) is 0 Å². The molecule has 2 aromatic rings. The van der Waals surface area contributed by atoms with Crippen LogP contribution >= 0.6 is 11.6 Å². The highest BCUT2D eigenvalue weighted by atomic mass is 35.5. The Bertz CT molecular complexity index is 605. The summed E-state index contributed by atoms with van der Waals surface area (Å²) in [7, 11) is 1.72. The van der Waals surface area contributed by atoms with E-state index in [0.29, 0.717) is 5.82 Å². The first-order valence-electron chi connectivity index (χ1n) is 5.66. The van der Waals surface area contributed by atoms with Gasteiger partial charge in [-0.1, -0.05) is 18.7 Å². The lowest BCUT2D eigenvalue weighted by molar-refractivity contribution is 1.17. The SMILES string of the molecule is C=C(/C=N\C)c1ccc(Nc2ccnc(Cl)n2)cc1. The largest absolute Gasteiger partial charge is 0.340 e. The van der Waals surface area contributed by atoms with Crippen LogP contribution in [0.3, 0.4) is 0 Å². The zero-order valence-corrected chi connectivity index (χ0v) is 11.2. The summed E-state index contributed by atoms with van der Waals surface area (Å²) in [6.45, 7) is 3.93. The number of halogens is 1. The minimum absolute atomic E-state index is 0.217. The van der Waals surface area contributed by atoms with E-state index in [-0.39, 0.29) is 5.28 Å². The lowest BCUT2D eigenvalue weighted by atomic mass is 10.1. The van der Waals surface area contributed by atoms with Crippen LogP contribution in [0.5, 0.6) is 0 Å². The maximum absolute atomic E-state index is 5.72. The molecule has 0 atom stereocenters. The molecule has 96 valence electrons. The molecule has 0 saturated carbocycles. The number of aromatic nitrogens is 2. The van der Waals surface area contributed by atoms with Gasteiger partial charge in [-0.2, -0.15) is 0 Å². The second kappa shape index (κ2) is 6.11. The Kier molecular flexibility index (Phi) is 4.26. The number of benzene rings is 1. The quantitative estimate of drug-likeness (QED) is 0.683. The smallest absolute Gasteiger partial charge is 0.224 e. The molecule has 0 aliphatic rings. The monoisotopic (exact) mass is 272 g/mol. The predicted molar refractivity (Wildman–Crippen MR) is 80.2 cm³/mol. The summed E-state index contributed by atoms with van der Waals surface area (Å²) < 4.78 is 0. The van der Waals surface area contributed by atoms with Gasteiger partial charge in [-0.25, -0.2) is 9.97 Å². The van der Waals surface area contributed by atoms with Gasteiger partial charge in [0, 0.05) is 25.1 Å². The minimum Gasteiger partial charge on any atom is -0.340 e. The van der Waals surface area contributed by atoms with Gasteiger partial charge in [0.1, 0.15) is 5.82 Å². The van der Waals surface area contributed by atoms with Crippen molar-refractivity contribution in [2.45, 2.75) is 0 Å². The molecule has 0 bridgehead atoms. The zero-order chi connectivity index (χ0) is 13.7. The summed E-state index contributed by atoms with van der Waals surface area (Å²) in [5.41, 5.74) is 2.82. The number of hydrogen-bond donors (Lipinski definition) is 1. The van der Waals surface area contributed by atoms with Crippen LogP contribution in [0, 0.1) is 0 Å². The fourth-order valence-corrected chi connectivity index (χ4v) is 1.70. The molecule has 5 heteroatoms. The second-order valence-corrected chi connectivity index (χ2v) is 4.16. The number of nitrogens with zero attached hydrogens (tertiary/aromatic N) is 3. The molecule has 2 rings (SSSR count). The van der Waals surface area contributed by atoms with Gasteiger partial charge in [-0.3, -0.25) is 4.99 Å². The van der Waals surface area contributed by atoms with E-state index in [9.17, 15) is 0 Å². The lowest BCUT2D eigenvalue weighted by Crippen LogP contribution is -1.94. The highest BCUT2D eigenvalue weighted by Gasteiger charge is 1.99. The van der Waals surface area contributed by atoms with Crippen molar-refractivity contribution in [3.63, 3.8) is 0 Å². The molecule has 0 unspecified atom stereocenters. The fraction of sp³-hybridized carbons (Fsp3) is 0.0714. The number of allylic oxidation sites excluding steroid dienone is 1. The van der Waals surface area contributed by atoms with Crippen LogP contribution in [0.15, 0.2) is 48.1 Å². The van der Waals surface area contributed by atoms with E-state index in [2.05, 4.69) is 26.9 Å². The third-order valence-electron chi connectivity index (χ3n) is 2.44. The van der Waals surface area contributed by atoms with E-state index in [4.69, 9.17) is 11.6 Å². The Morgan fingerprint density at radius 2 is 2.05 bits per heavy atom. The van der Waals surface area contributed by atoms with Gasteiger partial charge in [-0.05, 0) is 40.9 Å². The molecule has 1 aromatic heterocycles. The Morgan fingerprint density at radius 1 is 1.32 bits per heavy atom. The Labute approximate surface area is 116 Å². The summed E-state index contributed by atoms with van der Waals surface area (Å²) >= 11 is 5.72. The summed E-state index contributed by atoms with van der Waals surface area (Å²) in [6.07, 6.45) is 3.33. The molecular formula is C14H13ClN4. The van der Waals surface area contributed by atoms with Crippen LogP contribution in [0.4, 0.5) is 11.5 Å². The molecular weight excluding hydrogens is 260 g/mol. The van der Waals surface area contributed by atoms with Gasteiger partial charge in [0.05, 0.1) is 0 Å². The van der Waals surface area contributed by atoms with Crippen LogP contribution in [0.2, 0.25) is 5.28 Å². The number of hydrogen-bond acceptors (Lipinski definition) is 4. The number of rotatable bonds is 4. The zero-order valence-electron chi connectivity index (χ0n) is 10.5. The molecule has 1 N–H and O–H groups in total. The van der Waals surface area contributed by atoms with Crippen LogP contribution in [-0.2, 0) is 0 Å². The molecule has 0 aliphatic carbocycles. The molecule has 1 aromatic carbocycles. The molecule has 0 saturated heterocycles. The van der Waals surface area contributed by atoms with Crippen molar-refractivity contribution in [1.82, 2.24) is 9.97 Å².